The van der Waals surface area contributed by atoms with E-state index in [1.165, 1.54) is 0 Å². The summed E-state index contributed by atoms with van der Waals surface area (Å²) in [6.45, 7) is 7.07. The molecule has 0 fully saturated rings. The van der Waals surface area contributed by atoms with Gasteiger partial charge in [0.05, 0.1) is 0 Å². The lowest BCUT2D eigenvalue weighted by Crippen LogP contribution is -2.16. The highest BCUT2D eigenvalue weighted by Gasteiger charge is 2.09. The van der Waals surface area contributed by atoms with E-state index in [4.69, 9.17) is 0 Å². The molecule has 1 heterocycles. The Balaban J connectivity index is 2.98. The van der Waals surface area contributed by atoms with Gasteiger partial charge in [-0.15, -0.1) is 0 Å². The summed E-state index contributed by atoms with van der Waals surface area (Å²) in [5.74, 6) is 1.33. The van der Waals surface area contributed by atoms with Crippen molar-refractivity contribution in [1.29, 1.82) is 0 Å². The Bertz CT molecular complexity index is 340. The molecule has 16 heavy (non-hydrogen) atoms. The normalized spacial score (nSPS) is 10.6. The van der Waals surface area contributed by atoms with Crippen molar-refractivity contribution in [2.45, 2.75) is 31.2 Å². The van der Waals surface area contributed by atoms with E-state index in [0.29, 0.717) is 17.1 Å². The number of nitrogens with one attached hydrogen (secondary N) is 1. The second-order valence-electron chi connectivity index (χ2n) is 3.83. The lowest BCUT2D eigenvalue weighted by molar-refractivity contribution is 0.860. The van der Waals surface area contributed by atoms with Gasteiger partial charge in [-0.05, 0) is 6.92 Å². The van der Waals surface area contributed by atoms with Crippen LogP contribution in [0.3, 0.4) is 0 Å². The summed E-state index contributed by atoms with van der Waals surface area (Å²) in [6, 6.07) is 0. The van der Waals surface area contributed by atoms with E-state index in [-0.39, 0.29) is 0 Å². The van der Waals surface area contributed by atoms with Gasteiger partial charge in [0.15, 0.2) is 5.16 Å². The first-order chi connectivity index (χ1) is 7.52. The monoisotopic (exact) mass is 241 g/mol. The first kappa shape index (κ1) is 13.0. The van der Waals surface area contributed by atoms with Gasteiger partial charge in [0.1, 0.15) is 0 Å². The largest absolute Gasteiger partial charge is 0.354 e. The molecule has 1 aromatic rings. The zero-order chi connectivity index (χ0) is 12.1. The van der Waals surface area contributed by atoms with Crippen LogP contribution < -0.4 is 10.2 Å². The van der Waals surface area contributed by atoms with E-state index in [1.807, 2.05) is 25.9 Å². The zero-order valence-corrected chi connectivity index (χ0v) is 11.3. The van der Waals surface area contributed by atoms with Gasteiger partial charge in [0.25, 0.3) is 0 Å². The third-order valence-electron chi connectivity index (χ3n) is 1.68. The zero-order valence-electron chi connectivity index (χ0n) is 10.5. The summed E-state index contributed by atoms with van der Waals surface area (Å²) in [5, 5.41) is 4.35. The van der Waals surface area contributed by atoms with Crippen LogP contribution >= 0.6 is 11.8 Å². The molecule has 0 aliphatic heterocycles. The number of thioether (sulfide) groups is 1. The van der Waals surface area contributed by atoms with Crippen molar-refractivity contribution in [3.8, 4) is 0 Å². The lowest BCUT2D eigenvalue weighted by Gasteiger charge is -2.13. The van der Waals surface area contributed by atoms with Crippen molar-refractivity contribution in [1.82, 2.24) is 15.0 Å². The molecule has 0 saturated carbocycles. The summed E-state index contributed by atoms with van der Waals surface area (Å²) in [6.07, 6.45) is 0. The van der Waals surface area contributed by atoms with E-state index in [1.54, 1.807) is 11.8 Å². The van der Waals surface area contributed by atoms with Crippen LogP contribution in [0.2, 0.25) is 0 Å². The Morgan fingerprint density at radius 2 is 1.94 bits per heavy atom. The molecular weight excluding hydrogens is 222 g/mol. The van der Waals surface area contributed by atoms with E-state index in [9.17, 15) is 0 Å². The molecule has 90 valence electrons. The molecule has 0 aliphatic rings. The van der Waals surface area contributed by atoms with Gasteiger partial charge in [-0.25, -0.2) is 0 Å². The molecule has 1 rings (SSSR count). The standard InChI is InChI=1S/C10H19N5S/c1-6-11-8-12-9(15(4)5)14-10(13-8)16-7(2)3/h7H,6H2,1-5H3,(H,11,12,13,14). The topological polar surface area (TPSA) is 53.9 Å². The molecule has 6 heteroatoms. The third-order valence-corrected chi connectivity index (χ3v) is 2.54. The van der Waals surface area contributed by atoms with Gasteiger partial charge in [0, 0.05) is 25.9 Å². The predicted octanol–water partition coefficient (Wildman–Crippen LogP) is 1.87. The molecule has 0 aromatic carbocycles. The van der Waals surface area contributed by atoms with E-state index >= 15 is 0 Å². The number of hydrogen-bond donors (Lipinski definition) is 1. The van der Waals surface area contributed by atoms with Crippen LogP contribution in [0.4, 0.5) is 11.9 Å². The Labute approximate surface area is 101 Å². The fourth-order valence-electron chi connectivity index (χ4n) is 1.05. The van der Waals surface area contributed by atoms with Gasteiger partial charge in [-0.2, -0.15) is 15.0 Å². The number of aromatic nitrogens is 3. The highest BCUT2D eigenvalue weighted by atomic mass is 32.2. The average Bonchev–Trinajstić information content (AvgIpc) is 2.16. The average molecular weight is 241 g/mol. The Morgan fingerprint density at radius 1 is 1.25 bits per heavy atom. The second kappa shape index (κ2) is 5.89. The summed E-state index contributed by atoms with van der Waals surface area (Å²) in [4.78, 5) is 14.9. The summed E-state index contributed by atoms with van der Waals surface area (Å²) < 4.78 is 0. The maximum absolute atomic E-state index is 4.38. The van der Waals surface area contributed by atoms with Crippen LogP contribution in [0.5, 0.6) is 0 Å². The van der Waals surface area contributed by atoms with Crippen molar-refractivity contribution in [2.75, 3.05) is 30.9 Å². The fourth-order valence-corrected chi connectivity index (χ4v) is 1.74. The number of hydrogen-bond acceptors (Lipinski definition) is 6. The lowest BCUT2D eigenvalue weighted by atomic mass is 10.6. The molecule has 0 saturated heterocycles. The third kappa shape index (κ3) is 3.84. The van der Waals surface area contributed by atoms with Crippen LogP contribution in [-0.2, 0) is 0 Å². The molecule has 0 bridgehead atoms. The van der Waals surface area contributed by atoms with Gasteiger partial charge < -0.3 is 10.2 Å². The summed E-state index contributed by atoms with van der Waals surface area (Å²) >= 11 is 1.64. The Morgan fingerprint density at radius 3 is 2.44 bits per heavy atom. The van der Waals surface area contributed by atoms with Crippen LogP contribution in [0.15, 0.2) is 5.16 Å². The van der Waals surface area contributed by atoms with Gasteiger partial charge in [-0.1, -0.05) is 25.6 Å². The first-order valence-corrected chi connectivity index (χ1v) is 6.24. The number of anilines is 2. The molecule has 5 nitrogen and oxygen atoms in total. The van der Waals surface area contributed by atoms with Gasteiger partial charge >= 0.3 is 0 Å². The Kier molecular flexibility index (Phi) is 4.79. The molecule has 0 spiro atoms. The SMILES string of the molecule is CCNc1nc(SC(C)C)nc(N(C)C)n1. The van der Waals surface area contributed by atoms with Crippen molar-refractivity contribution in [3.63, 3.8) is 0 Å². The number of nitrogens with zero attached hydrogens (tertiary/aromatic N) is 4. The minimum atomic E-state index is 0.465. The predicted molar refractivity (Wildman–Crippen MR) is 69.3 cm³/mol. The molecule has 1 aromatic heterocycles. The molecule has 1 N–H and O–H groups in total. The van der Waals surface area contributed by atoms with Gasteiger partial charge in [-0.3, -0.25) is 0 Å². The fraction of sp³-hybridized carbons (Fsp3) is 0.700. The smallest absolute Gasteiger partial charge is 0.230 e. The maximum atomic E-state index is 4.38. The molecule has 0 unspecified atom stereocenters. The van der Waals surface area contributed by atoms with E-state index in [2.05, 4.69) is 34.1 Å². The minimum Gasteiger partial charge on any atom is -0.354 e. The second-order valence-corrected chi connectivity index (χ2v) is 5.38. The van der Waals surface area contributed by atoms with Crippen LogP contribution in [0.25, 0.3) is 0 Å². The quantitative estimate of drug-likeness (QED) is 0.794. The van der Waals surface area contributed by atoms with Crippen molar-refractivity contribution >= 4 is 23.7 Å². The highest BCUT2D eigenvalue weighted by molar-refractivity contribution is 7.99. The Hall–Kier alpha value is -1.04. The first-order valence-electron chi connectivity index (χ1n) is 5.36. The van der Waals surface area contributed by atoms with Crippen LogP contribution in [-0.4, -0.2) is 40.8 Å². The molecule has 0 radical (unpaired) electrons. The molecule has 0 atom stereocenters. The highest BCUT2D eigenvalue weighted by Crippen LogP contribution is 2.21. The minimum absolute atomic E-state index is 0.465. The molecular formula is C10H19N5S. The van der Waals surface area contributed by atoms with Crippen molar-refractivity contribution in [3.05, 3.63) is 0 Å². The van der Waals surface area contributed by atoms with E-state index in [0.717, 1.165) is 11.7 Å². The van der Waals surface area contributed by atoms with Crippen molar-refractivity contribution < 1.29 is 0 Å². The van der Waals surface area contributed by atoms with Crippen LogP contribution in [0, 0.1) is 0 Å². The van der Waals surface area contributed by atoms with Crippen molar-refractivity contribution in [2.24, 2.45) is 0 Å². The van der Waals surface area contributed by atoms with E-state index < -0.39 is 0 Å². The maximum Gasteiger partial charge on any atom is 0.230 e. The van der Waals surface area contributed by atoms with Crippen LogP contribution in [0.1, 0.15) is 20.8 Å². The molecule has 0 amide bonds. The molecule has 0 aliphatic carbocycles. The summed E-state index contributed by atoms with van der Waals surface area (Å²) in [7, 11) is 3.85. The van der Waals surface area contributed by atoms with Gasteiger partial charge in [0.2, 0.25) is 11.9 Å². The summed E-state index contributed by atoms with van der Waals surface area (Å²) in [5.41, 5.74) is 0. The number of rotatable bonds is 5.